The first-order chi connectivity index (χ1) is 15.0. The van der Waals surface area contributed by atoms with Gasteiger partial charge in [-0.3, -0.25) is 24.5 Å². The van der Waals surface area contributed by atoms with Gasteiger partial charge in [0.15, 0.2) is 0 Å². The van der Waals surface area contributed by atoms with E-state index >= 15 is 0 Å². The third kappa shape index (κ3) is 4.46. The van der Waals surface area contributed by atoms with Crippen molar-refractivity contribution in [1.29, 1.82) is 0 Å². The summed E-state index contributed by atoms with van der Waals surface area (Å²) in [6.07, 6.45) is 4.79. The quantitative estimate of drug-likeness (QED) is 0.690. The maximum atomic E-state index is 13.2. The normalized spacial score (nSPS) is 23.8. The minimum absolute atomic E-state index is 0.000796. The number of carbonyl (C=O) groups is 2. The van der Waals surface area contributed by atoms with Crippen molar-refractivity contribution >= 4 is 11.9 Å². The van der Waals surface area contributed by atoms with Crippen LogP contribution in [-0.4, -0.2) is 64.4 Å². The Balaban J connectivity index is 1.57. The molecule has 0 unspecified atom stereocenters. The Morgan fingerprint density at radius 3 is 2.74 bits per heavy atom. The molecule has 2 aliphatic heterocycles. The molecule has 1 amide bonds. The summed E-state index contributed by atoms with van der Waals surface area (Å²) >= 11 is 0. The molecule has 0 aliphatic carbocycles. The molecule has 31 heavy (non-hydrogen) atoms. The summed E-state index contributed by atoms with van der Waals surface area (Å²) < 4.78 is 5.55. The minimum Gasteiger partial charge on any atom is -0.466 e. The number of rotatable bonds is 5. The van der Waals surface area contributed by atoms with Crippen LogP contribution in [0.2, 0.25) is 0 Å². The summed E-state index contributed by atoms with van der Waals surface area (Å²) in [5.74, 6) is -0.0941. The number of esters is 1. The van der Waals surface area contributed by atoms with Crippen molar-refractivity contribution in [1.82, 2.24) is 19.8 Å². The van der Waals surface area contributed by atoms with Crippen molar-refractivity contribution in [3.63, 3.8) is 0 Å². The molecule has 2 atom stereocenters. The molecular formula is C24H30N4O3. The van der Waals surface area contributed by atoms with Crippen molar-refractivity contribution in [3.8, 4) is 0 Å². The standard InChI is InChI=1S/C24H30N4O3/c1-3-31-23(30)24-10-5-13-28(22(29)19-8-11-25-12-9-19)15-20(24)14-27(17-24)16-21-7-4-6-18(2)26-21/h4,6-9,11-12,20H,3,5,10,13-17H2,1-2H3/t20-,24+/m1/s1. The second kappa shape index (κ2) is 9.14. The zero-order valence-electron chi connectivity index (χ0n) is 18.3. The number of aryl methyl sites for hydroxylation is 1. The van der Waals surface area contributed by atoms with Crippen LogP contribution >= 0.6 is 0 Å². The van der Waals surface area contributed by atoms with E-state index in [0.717, 1.165) is 30.8 Å². The van der Waals surface area contributed by atoms with E-state index in [1.807, 2.05) is 36.9 Å². The van der Waals surface area contributed by atoms with E-state index in [1.165, 1.54) is 0 Å². The fraction of sp³-hybridized carbons (Fsp3) is 0.500. The van der Waals surface area contributed by atoms with Crippen LogP contribution in [0.4, 0.5) is 0 Å². The van der Waals surface area contributed by atoms with E-state index in [0.29, 0.717) is 38.3 Å². The highest BCUT2D eigenvalue weighted by atomic mass is 16.5. The second-order valence-electron chi connectivity index (χ2n) is 8.60. The third-order valence-corrected chi connectivity index (χ3v) is 6.49. The van der Waals surface area contributed by atoms with Crippen LogP contribution in [0.1, 0.15) is 41.5 Å². The van der Waals surface area contributed by atoms with Crippen LogP contribution in [0.5, 0.6) is 0 Å². The van der Waals surface area contributed by atoms with Gasteiger partial charge in [0.05, 0.1) is 17.7 Å². The Morgan fingerprint density at radius 2 is 2.00 bits per heavy atom. The highest BCUT2D eigenvalue weighted by Crippen LogP contribution is 2.44. The number of pyridine rings is 2. The molecule has 0 spiro atoms. The summed E-state index contributed by atoms with van der Waals surface area (Å²) in [6, 6.07) is 9.52. The molecule has 0 radical (unpaired) electrons. The third-order valence-electron chi connectivity index (χ3n) is 6.49. The van der Waals surface area contributed by atoms with Crippen molar-refractivity contribution in [2.45, 2.75) is 33.2 Å². The van der Waals surface area contributed by atoms with Gasteiger partial charge in [0, 0.05) is 62.3 Å². The zero-order chi connectivity index (χ0) is 21.8. The Labute approximate surface area is 183 Å². The smallest absolute Gasteiger partial charge is 0.313 e. The van der Waals surface area contributed by atoms with Crippen molar-refractivity contribution in [2.75, 3.05) is 32.8 Å². The Hall–Kier alpha value is -2.80. The van der Waals surface area contributed by atoms with Crippen molar-refractivity contribution in [3.05, 3.63) is 59.7 Å². The number of carbonyl (C=O) groups excluding carboxylic acids is 2. The molecule has 7 heteroatoms. The minimum atomic E-state index is -0.576. The van der Waals surface area contributed by atoms with E-state index in [2.05, 4.69) is 14.9 Å². The molecule has 7 nitrogen and oxygen atoms in total. The topological polar surface area (TPSA) is 75.6 Å². The fourth-order valence-corrected chi connectivity index (χ4v) is 5.04. The molecule has 4 heterocycles. The number of amides is 1. The van der Waals surface area contributed by atoms with Gasteiger partial charge in [0.25, 0.3) is 5.91 Å². The van der Waals surface area contributed by atoms with Gasteiger partial charge >= 0.3 is 5.97 Å². The summed E-state index contributed by atoms with van der Waals surface area (Å²) in [5, 5.41) is 0. The molecule has 2 aromatic heterocycles. The van der Waals surface area contributed by atoms with Crippen molar-refractivity contribution in [2.24, 2.45) is 11.3 Å². The van der Waals surface area contributed by atoms with Gasteiger partial charge in [-0.15, -0.1) is 0 Å². The van der Waals surface area contributed by atoms with E-state index in [4.69, 9.17) is 4.74 Å². The van der Waals surface area contributed by atoms with E-state index in [-0.39, 0.29) is 17.8 Å². The SMILES string of the molecule is CCOC(=O)[C@]12CCCN(C(=O)c3ccncc3)C[C@H]1CN(Cc1cccc(C)n1)C2. The van der Waals surface area contributed by atoms with Crippen LogP contribution in [0.15, 0.2) is 42.7 Å². The second-order valence-corrected chi connectivity index (χ2v) is 8.60. The van der Waals surface area contributed by atoms with Gasteiger partial charge in [0.2, 0.25) is 0 Å². The van der Waals surface area contributed by atoms with Crippen LogP contribution < -0.4 is 0 Å². The summed E-state index contributed by atoms with van der Waals surface area (Å²) in [5.41, 5.74) is 2.05. The molecule has 2 fully saturated rings. The molecule has 2 aromatic rings. The van der Waals surface area contributed by atoms with E-state index in [1.54, 1.807) is 24.5 Å². The predicted octanol–water partition coefficient (Wildman–Crippen LogP) is 2.70. The lowest BCUT2D eigenvalue weighted by Gasteiger charge is -2.31. The highest BCUT2D eigenvalue weighted by Gasteiger charge is 2.54. The van der Waals surface area contributed by atoms with Gasteiger partial charge in [-0.25, -0.2) is 0 Å². The first-order valence-corrected chi connectivity index (χ1v) is 11.0. The van der Waals surface area contributed by atoms with Gasteiger partial charge in [-0.1, -0.05) is 6.07 Å². The molecular weight excluding hydrogens is 392 g/mol. The van der Waals surface area contributed by atoms with Crippen molar-refractivity contribution < 1.29 is 14.3 Å². The Kier molecular flexibility index (Phi) is 6.32. The number of fused-ring (bicyclic) bond motifs is 1. The maximum absolute atomic E-state index is 13.2. The summed E-state index contributed by atoms with van der Waals surface area (Å²) in [4.78, 5) is 39.1. The monoisotopic (exact) mass is 422 g/mol. The average Bonchev–Trinajstić information content (AvgIpc) is 3.00. The predicted molar refractivity (Wildman–Crippen MR) is 116 cm³/mol. The average molecular weight is 423 g/mol. The largest absolute Gasteiger partial charge is 0.466 e. The molecule has 164 valence electrons. The number of ether oxygens (including phenoxy) is 1. The van der Waals surface area contributed by atoms with E-state index < -0.39 is 5.41 Å². The van der Waals surface area contributed by atoms with Crippen LogP contribution in [-0.2, 0) is 16.1 Å². The molecule has 4 rings (SSSR count). The van der Waals surface area contributed by atoms with Gasteiger partial charge in [-0.2, -0.15) is 0 Å². The lowest BCUT2D eigenvalue weighted by molar-refractivity contribution is -0.157. The molecule has 2 aliphatic rings. The van der Waals surface area contributed by atoms with Gasteiger partial charge in [0.1, 0.15) is 0 Å². The lowest BCUT2D eigenvalue weighted by Crippen LogP contribution is -2.43. The number of hydrogen-bond donors (Lipinski definition) is 0. The zero-order valence-corrected chi connectivity index (χ0v) is 18.3. The molecule has 0 bridgehead atoms. The van der Waals surface area contributed by atoms with Crippen LogP contribution in [0.25, 0.3) is 0 Å². The number of hydrogen-bond acceptors (Lipinski definition) is 6. The van der Waals surface area contributed by atoms with Gasteiger partial charge in [-0.05, 0) is 51.0 Å². The first kappa shape index (κ1) is 21.4. The molecule has 0 N–H and O–H groups in total. The number of likely N-dealkylation sites (tertiary alicyclic amines) is 2. The fourth-order valence-electron chi connectivity index (χ4n) is 5.04. The summed E-state index contributed by atoms with van der Waals surface area (Å²) in [7, 11) is 0. The van der Waals surface area contributed by atoms with Crippen LogP contribution in [0.3, 0.4) is 0 Å². The maximum Gasteiger partial charge on any atom is 0.313 e. The Morgan fingerprint density at radius 1 is 1.19 bits per heavy atom. The molecule has 0 aromatic carbocycles. The number of aromatic nitrogens is 2. The first-order valence-electron chi connectivity index (χ1n) is 11.0. The lowest BCUT2D eigenvalue weighted by atomic mass is 9.75. The van der Waals surface area contributed by atoms with E-state index in [9.17, 15) is 9.59 Å². The molecule has 2 saturated heterocycles. The summed E-state index contributed by atoms with van der Waals surface area (Å²) in [6.45, 7) is 7.49. The highest BCUT2D eigenvalue weighted by molar-refractivity contribution is 5.94. The molecule has 0 saturated carbocycles. The number of nitrogens with zero attached hydrogens (tertiary/aromatic N) is 4. The Bertz CT molecular complexity index is 935. The van der Waals surface area contributed by atoms with Gasteiger partial charge < -0.3 is 9.64 Å². The van der Waals surface area contributed by atoms with Crippen LogP contribution in [0, 0.1) is 18.3 Å².